The first-order chi connectivity index (χ1) is 10.3. The number of hydrogen-bond acceptors (Lipinski definition) is 3. The van der Waals surface area contributed by atoms with Crippen LogP contribution in [0.25, 0.3) is 0 Å². The molecule has 122 valence electrons. The van der Waals surface area contributed by atoms with Crippen molar-refractivity contribution in [3.05, 3.63) is 29.0 Å². The van der Waals surface area contributed by atoms with Crippen LogP contribution in [0.5, 0.6) is 0 Å². The Morgan fingerprint density at radius 2 is 2.18 bits per heavy atom. The number of amides is 1. The summed E-state index contributed by atoms with van der Waals surface area (Å²) in [4.78, 5) is 15.9. The highest BCUT2D eigenvalue weighted by Gasteiger charge is 2.31. The largest absolute Gasteiger partial charge is 0.411 e. The van der Waals surface area contributed by atoms with Crippen LogP contribution in [0.3, 0.4) is 0 Å². The van der Waals surface area contributed by atoms with Crippen LogP contribution in [-0.4, -0.2) is 35.8 Å². The summed E-state index contributed by atoms with van der Waals surface area (Å²) < 4.78 is 41.4. The van der Waals surface area contributed by atoms with Crippen molar-refractivity contribution < 1.29 is 22.7 Å². The molecule has 0 aromatic carbocycles. The highest BCUT2D eigenvalue weighted by molar-refractivity contribution is 6.29. The molecule has 2 atom stereocenters. The summed E-state index contributed by atoms with van der Waals surface area (Å²) in [5.41, 5.74) is 0.364. The van der Waals surface area contributed by atoms with Gasteiger partial charge in [-0.1, -0.05) is 11.6 Å². The van der Waals surface area contributed by atoms with E-state index in [4.69, 9.17) is 16.3 Å². The Morgan fingerprint density at radius 1 is 1.41 bits per heavy atom. The number of hydrogen-bond donors (Lipinski definition) is 1. The SMILES string of the molecule is O=C(N[C@@H]1CCC[C@H](OCC(F)(F)F)C1)c1ccc(Cl)nc1. The molecule has 2 rings (SSSR count). The second kappa shape index (κ2) is 7.28. The lowest BCUT2D eigenvalue weighted by atomic mass is 9.92. The molecule has 1 aliphatic carbocycles. The van der Waals surface area contributed by atoms with E-state index in [1.807, 2.05) is 0 Å². The van der Waals surface area contributed by atoms with E-state index in [0.717, 1.165) is 6.42 Å². The van der Waals surface area contributed by atoms with Crippen molar-refractivity contribution in [2.24, 2.45) is 0 Å². The Kier molecular flexibility index (Phi) is 5.63. The van der Waals surface area contributed by atoms with Crippen LogP contribution in [0.2, 0.25) is 5.15 Å². The fraction of sp³-hybridized carbons (Fsp3) is 0.571. The minimum Gasteiger partial charge on any atom is -0.369 e. The molecule has 1 aromatic rings. The summed E-state index contributed by atoms with van der Waals surface area (Å²) in [5.74, 6) is -0.314. The van der Waals surface area contributed by atoms with Crippen LogP contribution >= 0.6 is 11.6 Å². The van der Waals surface area contributed by atoms with E-state index in [0.29, 0.717) is 24.8 Å². The van der Waals surface area contributed by atoms with E-state index in [1.54, 1.807) is 6.07 Å². The van der Waals surface area contributed by atoms with Gasteiger partial charge in [0.15, 0.2) is 0 Å². The maximum atomic E-state index is 12.2. The Labute approximate surface area is 131 Å². The van der Waals surface area contributed by atoms with Crippen molar-refractivity contribution in [3.8, 4) is 0 Å². The smallest absolute Gasteiger partial charge is 0.369 e. The quantitative estimate of drug-likeness (QED) is 0.858. The number of aromatic nitrogens is 1. The molecule has 4 nitrogen and oxygen atoms in total. The predicted octanol–water partition coefficient (Wildman–Crippen LogP) is 3.35. The van der Waals surface area contributed by atoms with Gasteiger partial charge in [-0.3, -0.25) is 4.79 Å². The maximum absolute atomic E-state index is 12.2. The Bertz CT molecular complexity index is 508. The van der Waals surface area contributed by atoms with E-state index < -0.39 is 18.9 Å². The van der Waals surface area contributed by atoms with Crippen molar-refractivity contribution in [2.45, 2.75) is 44.0 Å². The van der Waals surface area contributed by atoms with Crippen molar-refractivity contribution in [1.82, 2.24) is 10.3 Å². The zero-order valence-electron chi connectivity index (χ0n) is 11.7. The van der Waals surface area contributed by atoms with E-state index in [1.165, 1.54) is 12.3 Å². The molecule has 1 saturated carbocycles. The van der Waals surface area contributed by atoms with Gasteiger partial charge in [-0.15, -0.1) is 0 Å². The van der Waals surface area contributed by atoms with Crippen LogP contribution < -0.4 is 5.32 Å². The zero-order valence-corrected chi connectivity index (χ0v) is 12.5. The van der Waals surface area contributed by atoms with Gasteiger partial charge < -0.3 is 10.1 Å². The molecule has 1 N–H and O–H groups in total. The highest BCUT2D eigenvalue weighted by Crippen LogP contribution is 2.24. The second-order valence-corrected chi connectivity index (χ2v) is 5.64. The molecular formula is C14H16ClF3N2O2. The molecule has 1 amide bonds. The number of alkyl halides is 3. The van der Waals surface area contributed by atoms with Crippen LogP contribution in [-0.2, 0) is 4.74 Å². The molecule has 0 unspecified atom stereocenters. The lowest BCUT2D eigenvalue weighted by Crippen LogP contribution is -2.41. The van der Waals surface area contributed by atoms with Crippen molar-refractivity contribution >= 4 is 17.5 Å². The standard InChI is InChI=1S/C14H16ClF3N2O2/c15-12-5-4-9(7-19-12)13(21)20-10-2-1-3-11(6-10)22-8-14(16,17)18/h4-5,7,10-11H,1-3,6,8H2,(H,20,21)/t10-,11+/m1/s1. The first-order valence-electron chi connectivity index (χ1n) is 6.94. The summed E-state index contributed by atoms with van der Waals surface area (Å²) in [6, 6.07) is 2.85. The fourth-order valence-electron chi connectivity index (χ4n) is 2.42. The number of rotatable bonds is 4. The molecule has 1 aliphatic rings. The Morgan fingerprint density at radius 3 is 2.82 bits per heavy atom. The third-order valence-electron chi connectivity index (χ3n) is 3.43. The molecule has 1 fully saturated rings. The first kappa shape index (κ1) is 17.0. The number of pyridine rings is 1. The van der Waals surface area contributed by atoms with E-state index in [-0.39, 0.29) is 17.1 Å². The van der Waals surface area contributed by atoms with E-state index >= 15 is 0 Å². The monoisotopic (exact) mass is 336 g/mol. The molecule has 8 heteroatoms. The van der Waals surface area contributed by atoms with Gasteiger partial charge in [0, 0.05) is 12.2 Å². The fourth-order valence-corrected chi connectivity index (χ4v) is 2.53. The normalized spacial score (nSPS) is 22.4. The molecule has 0 bridgehead atoms. The highest BCUT2D eigenvalue weighted by atomic mass is 35.5. The van der Waals surface area contributed by atoms with Gasteiger partial charge in [-0.2, -0.15) is 13.2 Å². The third kappa shape index (κ3) is 5.46. The van der Waals surface area contributed by atoms with Gasteiger partial charge in [-0.25, -0.2) is 4.98 Å². The second-order valence-electron chi connectivity index (χ2n) is 5.25. The number of halogens is 4. The first-order valence-corrected chi connectivity index (χ1v) is 7.32. The van der Waals surface area contributed by atoms with Gasteiger partial charge >= 0.3 is 6.18 Å². The van der Waals surface area contributed by atoms with Gasteiger partial charge in [-0.05, 0) is 37.8 Å². The number of ether oxygens (including phenoxy) is 1. The molecule has 0 spiro atoms. The van der Waals surface area contributed by atoms with Crippen LogP contribution in [0.1, 0.15) is 36.0 Å². The molecule has 0 radical (unpaired) electrons. The van der Waals surface area contributed by atoms with Crippen LogP contribution in [0.4, 0.5) is 13.2 Å². The molecule has 0 saturated heterocycles. The van der Waals surface area contributed by atoms with Crippen molar-refractivity contribution in [2.75, 3.05) is 6.61 Å². The summed E-state index contributed by atoms with van der Waals surface area (Å²) >= 11 is 5.65. The van der Waals surface area contributed by atoms with Crippen molar-refractivity contribution in [1.29, 1.82) is 0 Å². The third-order valence-corrected chi connectivity index (χ3v) is 3.66. The Balaban J connectivity index is 1.84. The number of carbonyl (C=O) groups is 1. The molecule has 1 aromatic heterocycles. The molecule has 22 heavy (non-hydrogen) atoms. The van der Waals surface area contributed by atoms with Crippen LogP contribution in [0, 0.1) is 0 Å². The Hall–Kier alpha value is -1.34. The number of carbonyl (C=O) groups excluding carboxylic acids is 1. The average molecular weight is 337 g/mol. The average Bonchev–Trinajstić information content (AvgIpc) is 2.45. The topological polar surface area (TPSA) is 51.2 Å². The summed E-state index contributed by atoms with van der Waals surface area (Å²) in [7, 11) is 0. The lowest BCUT2D eigenvalue weighted by molar-refractivity contribution is -0.188. The molecular weight excluding hydrogens is 321 g/mol. The zero-order chi connectivity index (χ0) is 16.2. The minimum absolute atomic E-state index is 0.199. The summed E-state index contributed by atoms with van der Waals surface area (Å²) in [5, 5.41) is 3.09. The van der Waals surface area contributed by atoms with Gasteiger partial charge in [0.2, 0.25) is 0 Å². The molecule has 1 heterocycles. The number of nitrogens with one attached hydrogen (secondary N) is 1. The van der Waals surface area contributed by atoms with E-state index in [2.05, 4.69) is 10.3 Å². The maximum Gasteiger partial charge on any atom is 0.411 e. The van der Waals surface area contributed by atoms with Gasteiger partial charge in [0.05, 0.1) is 11.7 Å². The van der Waals surface area contributed by atoms with E-state index in [9.17, 15) is 18.0 Å². The minimum atomic E-state index is -4.33. The predicted molar refractivity (Wildman–Crippen MR) is 74.8 cm³/mol. The van der Waals surface area contributed by atoms with Crippen LogP contribution in [0.15, 0.2) is 18.3 Å². The molecule has 0 aliphatic heterocycles. The van der Waals surface area contributed by atoms with Gasteiger partial charge in [0.1, 0.15) is 11.8 Å². The number of nitrogens with zero attached hydrogens (tertiary/aromatic N) is 1. The van der Waals surface area contributed by atoms with Gasteiger partial charge in [0.25, 0.3) is 5.91 Å². The van der Waals surface area contributed by atoms with Crippen molar-refractivity contribution in [3.63, 3.8) is 0 Å². The summed E-state index contributed by atoms with van der Waals surface area (Å²) in [6.45, 7) is -1.25. The summed E-state index contributed by atoms with van der Waals surface area (Å²) in [6.07, 6.45) is -1.06. The lowest BCUT2D eigenvalue weighted by Gasteiger charge is -2.30.